The van der Waals surface area contributed by atoms with Crippen LogP contribution in [0.25, 0.3) is 0 Å². The normalized spacial score (nSPS) is 11.0. The molecular formula is C13H19N3OS. The fourth-order valence-corrected chi connectivity index (χ4v) is 2.65. The lowest BCUT2D eigenvalue weighted by atomic mass is 10.3. The molecule has 0 aliphatic heterocycles. The van der Waals surface area contributed by atoms with E-state index in [1.165, 1.54) is 16.1 Å². The predicted molar refractivity (Wildman–Crippen MR) is 74.0 cm³/mol. The van der Waals surface area contributed by atoms with E-state index in [2.05, 4.69) is 33.2 Å². The van der Waals surface area contributed by atoms with Crippen LogP contribution in [0.1, 0.15) is 16.1 Å². The van der Waals surface area contributed by atoms with E-state index in [1.807, 2.05) is 12.5 Å². The molecule has 2 heterocycles. The maximum Gasteiger partial charge on any atom is 0.0952 e. The van der Waals surface area contributed by atoms with Gasteiger partial charge in [-0.05, 0) is 23.9 Å². The topological polar surface area (TPSA) is 39.1 Å². The largest absolute Gasteiger partial charge is 0.383 e. The lowest BCUT2D eigenvalue weighted by molar-refractivity contribution is 0.199. The Hall–Kier alpha value is -1.17. The fraction of sp³-hybridized carbons (Fsp3) is 0.462. The van der Waals surface area contributed by atoms with Crippen LogP contribution >= 0.6 is 11.3 Å². The van der Waals surface area contributed by atoms with E-state index in [9.17, 15) is 0 Å². The summed E-state index contributed by atoms with van der Waals surface area (Å²) in [6.45, 7) is 5.48. The minimum absolute atomic E-state index is 0.734. The van der Waals surface area contributed by atoms with Gasteiger partial charge in [0.25, 0.3) is 0 Å². The standard InChI is InChI=1S/C13H19N3OS/c1-11-3-6-18-13(11)9-16-10-15-8-12(16)7-14-4-5-17-2/h3,6,8,10,14H,4-5,7,9H2,1-2H3. The molecule has 0 saturated carbocycles. The first-order valence-corrected chi connectivity index (χ1v) is 6.91. The van der Waals surface area contributed by atoms with E-state index in [-0.39, 0.29) is 0 Å². The molecule has 0 aliphatic rings. The fourth-order valence-electron chi connectivity index (χ4n) is 1.75. The number of hydrogen-bond donors (Lipinski definition) is 1. The molecule has 0 unspecified atom stereocenters. The number of thiophene rings is 1. The molecule has 0 aliphatic carbocycles. The van der Waals surface area contributed by atoms with Gasteiger partial charge in [0.05, 0.1) is 25.2 Å². The highest BCUT2D eigenvalue weighted by atomic mass is 32.1. The Morgan fingerprint density at radius 2 is 2.39 bits per heavy atom. The van der Waals surface area contributed by atoms with Gasteiger partial charge in [0.15, 0.2) is 0 Å². The monoisotopic (exact) mass is 265 g/mol. The zero-order valence-electron chi connectivity index (χ0n) is 10.8. The quantitative estimate of drug-likeness (QED) is 0.779. The molecule has 0 amide bonds. The molecule has 0 aromatic carbocycles. The number of aromatic nitrogens is 2. The first-order chi connectivity index (χ1) is 8.81. The van der Waals surface area contributed by atoms with Gasteiger partial charge in [-0.2, -0.15) is 0 Å². The van der Waals surface area contributed by atoms with Crippen LogP contribution in [-0.2, 0) is 17.8 Å². The lowest BCUT2D eigenvalue weighted by Gasteiger charge is -2.08. The van der Waals surface area contributed by atoms with Crippen molar-refractivity contribution in [3.05, 3.63) is 40.1 Å². The summed E-state index contributed by atoms with van der Waals surface area (Å²) in [7, 11) is 1.71. The van der Waals surface area contributed by atoms with E-state index in [4.69, 9.17) is 4.74 Å². The van der Waals surface area contributed by atoms with E-state index < -0.39 is 0 Å². The average Bonchev–Trinajstić information content (AvgIpc) is 2.96. The first-order valence-electron chi connectivity index (χ1n) is 6.03. The molecule has 2 aromatic rings. The van der Waals surface area contributed by atoms with Crippen molar-refractivity contribution in [2.45, 2.75) is 20.0 Å². The number of methoxy groups -OCH3 is 1. The number of hydrogen-bond acceptors (Lipinski definition) is 4. The lowest BCUT2D eigenvalue weighted by Crippen LogP contribution is -2.20. The van der Waals surface area contributed by atoms with Crippen molar-refractivity contribution in [2.24, 2.45) is 0 Å². The van der Waals surface area contributed by atoms with Gasteiger partial charge in [0.1, 0.15) is 0 Å². The second kappa shape index (κ2) is 6.68. The molecule has 0 bridgehead atoms. The van der Waals surface area contributed by atoms with Gasteiger partial charge in [-0.15, -0.1) is 11.3 Å². The third-order valence-corrected chi connectivity index (χ3v) is 3.88. The van der Waals surface area contributed by atoms with Crippen molar-refractivity contribution < 1.29 is 4.74 Å². The number of imidazole rings is 1. The predicted octanol–water partition coefficient (Wildman–Crippen LogP) is 2.04. The molecule has 18 heavy (non-hydrogen) atoms. The van der Waals surface area contributed by atoms with Gasteiger partial charge >= 0.3 is 0 Å². The Morgan fingerprint density at radius 3 is 3.11 bits per heavy atom. The van der Waals surface area contributed by atoms with E-state index in [0.29, 0.717) is 0 Å². The van der Waals surface area contributed by atoms with Gasteiger partial charge in [-0.1, -0.05) is 0 Å². The van der Waals surface area contributed by atoms with E-state index in [0.717, 1.165) is 26.2 Å². The Kier molecular flexibility index (Phi) is 4.92. The van der Waals surface area contributed by atoms with Gasteiger partial charge in [0.2, 0.25) is 0 Å². The zero-order chi connectivity index (χ0) is 12.8. The molecule has 0 saturated heterocycles. The van der Waals surface area contributed by atoms with Crippen molar-refractivity contribution in [3.63, 3.8) is 0 Å². The zero-order valence-corrected chi connectivity index (χ0v) is 11.7. The summed E-state index contributed by atoms with van der Waals surface area (Å²) in [5.41, 5.74) is 2.56. The molecule has 1 N–H and O–H groups in total. The molecular weight excluding hydrogens is 246 g/mol. The minimum atomic E-state index is 0.734. The smallest absolute Gasteiger partial charge is 0.0952 e. The molecule has 4 nitrogen and oxygen atoms in total. The maximum absolute atomic E-state index is 5.01. The molecule has 2 rings (SSSR count). The third kappa shape index (κ3) is 3.41. The molecule has 5 heteroatoms. The summed E-state index contributed by atoms with van der Waals surface area (Å²) in [5, 5.41) is 5.48. The van der Waals surface area contributed by atoms with Crippen LogP contribution in [0.2, 0.25) is 0 Å². The van der Waals surface area contributed by atoms with Crippen LogP contribution < -0.4 is 5.32 Å². The molecule has 0 radical (unpaired) electrons. The Labute approximate surface area is 112 Å². The number of rotatable bonds is 7. The van der Waals surface area contributed by atoms with Gasteiger partial charge in [-0.3, -0.25) is 0 Å². The van der Waals surface area contributed by atoms with Crippen LogP contribution in [0.4, 0.5) is 0 Å². The van der Waals surface area contributed by atoms with Crippen molar-refractivity contribution >= 4 is 11.3 Å². The van der Waals surface area contributed by atoms with Crippen LogP contribution in [0.15, 0.2) is 24.0 Å². The Morgan fingerprint density at radius 1 is 1.50 bits per heavy atom. The molecule has 0 fully saturated rings. The van der Waals surface area contributed by atoms with Crippen molar-refractivity contribution in [2.75, 3.05) is 20.3 Å². The van der Waals surface area contributed by atoms with Crippen LogP contribution in [0.5, 0.6) is 0 Å². The average molecular weight is 265 g/mol. The van der Waals surface area contributed by atoms with Crippen molar-refractivity contribution in [1.82, 2.24) is 14.9 Å². The number of nitrogens with one attached hydrogen (secondary N) is 1. The number of nitrogens with zero attached hydrogens (tertiary/aromatic N) is 2. The number of aryl methyl sites for hydroxylation is 1. The van der Waals surface area contributed by atoms with E-state index >= 15 is 0 Å². The highest BCUT2D eigenvalue weighted by Crippen LogP contribution is 2.17. The Balaban J connectivity index is 1.93. The number of ether oxygens (including phenoxy) is 1. The van der Waals surface area contributed by atoms with Crippen LogP contribution in [0, 0.1) is 6.92 Å². The molecule has 0 atom stereocenters. The summed E-state index contributed by atoms with van der Waals surface area (Å²) in [6.07, 6.45) is 3.81. The highest BCUT2D eigenvalue weighted by Gasteiger charge is 2.05. The Bertz CT molecular complexity index is 478. The molecule has 98 valence electrons. The summed E-state index contributed by atoms with van der Waals surface area (Å²) < 4.78 is 7.20. The SMILES string of the molecule is COCCNCc1cncn1Cc1sccc1C. The van der Waals surface area contributed by atoms with Gasteiger partial charge in [-0.25, -0.2) is 4.98 Å². The second-order valence-electron chi connectivity index (χ2n) is 4.21. The molecule has 0 spiro atoms. The first kappa shape index (κ1) is 13.3. The summed E-state index contributed by atoms with van der Waals surface area (Å²) in [4.78, 5) is 5.62. The van der Waals surface area contributed by atoms with Crippen LogP contribution in [-0.4, -0.2) is 29.8 Å². The highest BCUT2D eigenvalue weighted by molar-refractivity contribution is 7.10. The summed E-state index contributed by atoms with van der Waals surface area (Å²) in [5.74, 6) is 0. The minimum Gasteiger partial charge on any atom is -0.383 e. The third-order valence-electron chi connectivity index (χ3n) is 2.87. The maximum atomic E-state index is 5.01. The summed E-state index contributed by atoms with van der Waals surface area (Å²) >= 11 is 1.80. The van der Waals surface area contributed by atoms with Crippen molar-refractivity contribution in [3.8, 4) is 0 Å². The van der Waals surface area contributed by atoms with Crippen molar-refractivity contribution in [1.29, 1.82) is 0 Å². The van der Waals surface area contributed by atoms with Gasteiger partial charge in [0, 0.05) is 31.3 Å². The summed E-state index contributed by atoms with van der Waals surface area (Å²) in [6, 6.07) is 2.16. The second-order valence-corrected chi connectivity index (χ2v) is 5.21. The van der Waals surface area contributed by atoms with E-state index in [1.54, 1.807) is 18.4 Å². The van der Waals surface area contributed by atoms with Crippen LogP contribution in [0.3, 0.4) is 0 Å². The van der Waals surface area contributed by atoms with Gasteiger partial charge < -0.3 is 14.6 Å². The molecule has 2 aromatic heterocycles.